The summed E-state index contributed by atoms with van der Waals surface area (Å²) in [5.74, 6) is -1.03. The van der Waals surface area contributed by atoms with Crippen molar-refractivity contribution < 1.29 is 32.7 Å². The second-order valence-corrected chi connectivity index (χ2v) is 11.8. The molecule has 1 unspecified atom stereocenters. The second kappa shape index (κ2) is 9.69. The van der Waals surface area contributed by atoms with Crippen LogP contribution in [-0.2, 0) is 34.5 Å². The molecule has 2 aromatic rings. The lowest BCUT2D eigenvalue weighted by Crippen LogP contribution is -2.56. The van der Waals surface area contributed by atoms with Crippen LogP contribution in [-0.4, -0.2) is 51.8 Å². The van der Waals surface area contributed by atoms with E-state index in [-0.39, 0.29) is 24.8 Å². The molecule has 2 saturated heterocycles. The van der Waals surface area contributed by atoms with Gasteiger partial charge in [-0.1, -0.05) is 37.1 Å². The fourth-order valence-corrected chi connectivity index (χ4v) is 7.32. The molecule has 3 fully saturated rings. The minimum absolute atomic E-state index is 0.188. The Hall–Kier alpha value is -3.24. The Bertz CT molecular complexity index is 1350. The number of piperidine rings is 2. The molecule has 7 nitrogen and oxygen atoms in total. The van der Waals surface area contributed by atoms with E-state index in [9.17, 15) is 32.7 Å². The molecule has 40 heavy (non-hydrogen) atoms. The molecule has 10 heteroatoms. The third-order valence-corrected chi connectivity index (χ3v) is 9.44. The van der Waals surface area contributed by atoms with Crippen molar-refractivity contribution in [2.24, 2.45) is 5.41 Å². The monoisotopic (exact) mass is 555 g/mol. The number of likely N-dealkylation sites (tertiary alicyclic amines) is 1. The second-order valence-electron chi connectivity index (χ2n) is 11.8. The van der Waals surface area contributed by atoms with Gasteiger partial charge in [0.1, 0.15) is 6.04 Å². The standard InChI is InChI=1S/C30H32F3N3O4/c31-30(32,33)21-5-3-19(4-6-21)16-35-14-13-29(40,28(18-35)11-1-2-12-28)22-7-8-23-20(15-22)17-36(27(23)39)24-9-10-25(37)34-26(24)38/h3-8,15,24,40H,1-2,9-14,16-18H2,(H,34,37,38)/t24?,29-/m1/s1. The minimum atomic E-state index is -4.37. The van der Waals surface area contributed by atoms with Crippen molar-refractivity contribution in [3.8, 4) is 0 Å². The third-order valence-electron chi connectivity index (χ3n) is 9.44. The summed E-state index contributed by atoms with van der Waals surface area (Å²) in [5, 5.41) is 14.7. The number of amides is 3. The maximum absolute atomic E-state index is 13.2. The van der Waals surface area contributed by atoms with Gasteiger partial charge in [0, 0.05) is 43.6 Å². The van der Waals surface area contributed by atoms with Crippen LogP contribution in [0.5, 0.6) is 0 Å². The van der Waals surface area contributed by atoms with Gasteiger partial charge in [-0.15, -0.1) is 0 Å². The van der Waals surface area contributed by atoms with Crippen LogP contribution >= 0.6 is 0 Å². The summed E-state index contributed by atoms with van der Waals surface area (Å²) >= 11 is 0. The maximum Gasteiger partial charge on any atom is 0.416 e. The lowest BCUT2D eigenvalue weighted by Gasteiger charge is -2.53. The normalized spacial score (nSPS) is 26.9. The molecule has 3 heterocycles. The van der Waals surface area contributed by atoms with Crippen LogP contribution < -0.4 is 5.32 Å². The number of aliphatic hydroxyl groups is 1. The zero-order chi connectivity index (χ0) is 28.3. The number of alkyl halides is 3. The van der Waals surface area contributed by atoms with Crippen LogP contribution in [0.15, 0.2) is 42.5 Å². The molecule has 1 saturated carbocycles. The molecule has 2 aromatic carbocycles. The Labute approximate surface area is 230 Å². The van der Waals surface area contributed by atoms with Gasteiger partial charge in [-0.25, -0.2) is 0 Å². The molecule has 2 atom stereocenters. The van der Waals surface area contributed by atoms with Crippen LogP contribution in [0.1, 0.15) is 77.6 Å². The van der Waals surface area contributed by atoms with E-state index in [1.54, 1.807) is 6.07 Å². The van der Waals surface area contributed by atoms with Gasteiger partial charge in [0.25, 0.3) is 5.91 Å². The van der Waals surface area contributed by atoms with Crippen molar-refractivity contribution >= 4 is 17.7 Å². The van der Waals surface area contributed by atoms with E-state index >= 15 is 0 Å². The van der Waals surface area contributed by atoms with Crippen LogP contribution in [0.2, 0.25) is 0 Å². The molecule has 0 bridgehead atoms. The van der Waals surface area contributed by atoms with Crippen LogP contribution in [0.4, 0.5) is 13.2 Å². The number of hydrogen-bond acceptors (Lipinski definition) is 5. The average Bonchev–Trinajstić information content (AvgIpc) is 3.51. The molecule has 4 aliphatic rings. The summed E-state index contributed by atoms with van der Waals surface area (Å²) in [6.45, 7) is 1.97. The number of imide groups is 1. The van der Waals surface area contributed by atoms with E-state index in [0.29, 0.717) is 38.0 Å². The summed E-state index contributed by atoms with van der Waals surface area (Å²) in [7, 11) is 0. The van der Waals surface area contributed by atoms with Gasteiger partial charge >= 0.3 is 6.18 Å². The molecule has 212 valence electrons. The Kier molecular flexibility index (Phi) is 6.53. The van der Waals surface area contributed by atoms with Crippen molar-refractivity contribution in [2.45, 2.75) is 75.9 Å². The van der Waals surface area contributed by atoms with Gasteiger partial charge in [0.05, 0.1) is 11.2 Å². The van der Waals surface area contributed by atoms with E-state index in [0.717, 1.165) is 54.5 Å². The van der Waals surface area contributed by atoms with Crippen molar-refractivity contribution in [3.05, 3.63) is 70.3 Å². The Balaban J connectivity index is 1.22. The Morgan fingerprint density at radius 3 is 2.40 bits per heavy atom. The molecule has 2 N–H and O–H groups in total. The number of fused-ring (bicyclic) bond motifs is 1. The predicted octanol–water partition coefficient (Wildman–Crippen LogP) is 4.12. The summed E-state index contributed by atoms with van der Waals surface area (Å²) in [6.07, 6.45) is 0.236. The molecule has 0 aromatic heterocycles. The number of nitrogens with zero attached hydrogens (tertiary/aromatic N) is 2. The molecule has 3 amide bonds. The van der Waals surface area contributed by atoms with Gasteiger partial charge in [0.2, 0.25) is 11.8 Å². The van der Waals surface area contributed by atoms with E-state index in [1.807, 2.05) is 12.1 Å². The van der Waals surface area contributed by atoms with E-state index in [2.05, 4.69) is 10.2 Å². The smallest absolute Gasteiger partial charge is 0.384 e. The summed E-state index contributed by atoms with van der Waals surface area (Å²) < 4.78 is 39.0. The number of nitrogens with one attached hydrogen (secondary N) is 1. The first-order valence-corrected chi connectivity index (χ1v) is 13.9. The van der Waals surface area contributed by atoms with Crippen LogP contribution in [0, 0.1) is 5.41 Å². The van der Waals surface area contributed by atoms with Gasteiger partial charge in [-0.2, -0.15) is 13.2 Å². The summed E-state index contributed by atoms with van der Waals surface area (Å²) in [4.78, 5) is 40.9. The highest BCUT2D eigenvalue weighted by molar-refractivity contribution is 6.05. The Morgan fingerprint density at radius 1 is 1.00 bits per heavy atom. The fraction of sp³-hybridized carbons (Fsp3) is 0.500. The highest BCUT2D eigenvalue weighted by atomic mass is 19.4. The number of rotatable bonds is 4. The lowest BCUT2D eigenvalue weighted by molar-refractivity contribution is -0.142. The van der Waals surface area contributed by atoms with E-state index in [4.69, 9.17) is 0 Å². The molecule has 1 spiro atoms. The summed E-state index contributed by atoms with van der Waals surface area (Å²) in [6, 6.07) is 10.1. The zero-order valence-electron chi connectivity index (χ0n) is 22.1. The largest absolute Gasteiger partial charge is 0.416 e. The van der Waals surface area contributed by atoms with Crippen molar-refractivity contribution in [1.82, 2.24) is 15.1 Å². The molecule has 3 aliphatic heterocycles. The molecular formula is C30H32F3N3O4. The quantitative estimate of drug-likeness (QED) is 0.554. The van der Waals surface area contributed by atoms with Crippen LogP contribution in [0.3, 0.4) is 0 Å². The van der Waals surface area contributed by atoms with Crippen molar-refractivity contribution in [3.63, 3.8) is 0 Å². The lowest BCUT2D eigenvalue weighted by atomic mass is 9.63. The molecule has 0 radical (unpaired) electrons. The van der Waals surface area contributed by atoms with Crippen molar-refractivity contribution in [2.75, 3.05) is 13.1 Å². The maximum atomic E-state index is 13.2. The Morgan fingerprint density at radius 2 is 1.73 bits per heavy atom. The highest BCUT2D eigenvalue weighted by Crippen LogP contribution is 2.56. The predicted molar refractivity (Wildman–Crippen MR) is 139 cm³/mol. The van der Waals surface area contributed by atoms with E-state index in [1.165, 1.54) is 17.0 Å². The molecule has 6 rings (SSSR count). The fourth-order valence-electron chi connectivity index (χ4n) is 7.32. The number of hydrogen-bond donors (Lipinski definition) is 2. The first-order chi connectivity index (χ1) is 19.0. The first kappa shape index (κ1) is 27.0. The number of carbonyl (C=O) groups is 3. The number of carbonyl (C=O) groups excluding carboxylic acids is 3. The number of benzene rings is 2. The SMILES string of the molecule is O=C1CCC(N2Cc3cc([C@]4(O)CCN(Cc5ccc(C(F)(F)F)cc5)CC45CCCC5)ccc3C2=O)C(=O)N1. The topological polar surface area (TPSA) is 90.0 Å². The van der Waals surface area contributed by atoms with E-state index < -0.39 is 34.7 Å². The number of halogens is 3. The van der Waals surface area contributed by atoms with Crippen molar-refractivity contribution in [1.29, 1.82) is 0 Å². The van der Waals surface area contributed by atoms with Gasteiger partial charge in [-0.05, 0) is 60.6 Å². The first-order valence-electron chi connectivity index (χ1n) is 13.9. The third kappa shape index (κ3) is 4.51. The van der Waals surface area contributed by atoms with Gasteiger partial charge in [0.15, 0.2) is 0 Å². The zero-order valence-corrected chi connectivity index (χ0v) is 22.1. The molecule has 1 aliphatic carbocycles. The summed E-state index contributed by atoms with van der Waals surface area (Å²) in [5.41, 5.74) is 0.662. The molecular weight excluding hydrogens is 523 g/mol. The van der Waals surface area contributed by atoms with Gasteiger partial charge < -0.3 is 10.0 Å². The van der Waals surface area contributed by atoms with Gasteiger partial charge in [-0.3, -0.25) is 24.6 Å². The minimum Gasteiger partial charge on any atom is -0.384 e. The average molecular weight is 556 g/mol. The highest BCUT2D eigenvalue weighted by Gasteiger charge is 2.55. The van der Waals surface area contributed by atoms with Crippen LogP contribution in [0.25, 0.3) is 0 Å².